The van der Waals surface area contributed by atoms with Crippen molar-refractivity contribution in [3.8, 4) is 6.07 Å². The Bertz CT molecular complexity index is 810. The van der Waals surface area contributed by atoms with Crippen molar-refractivity contribution in [3.05, 3.63) is 41.1 Å². The van der Waals surface area contributed by atoms with Gasteiger partial charge in [-0.25, -0.2) is 0 Å². The molecule has 144 valence electrons. The standard InChI is InChI=1S/C19H25N5O3/c1-7-13(9-15(21-6)17(25)23-19(4,5)11-20)22-18(26)16-10-14(24-27-16)8-12(2)3/h7,9-10,12H,6,8H2,1-5H3,(H,22,26)(H,23,25)/b13-7+,15-9-. The predicted molar refractivity (Wildman–Crippen MR) is 102 cm³/mol. The molecule has 0 bridgehead atoms. The summed E-state index contributed by atoms with van der Waals surface area (Å²) < 4.78 is 5.07. The summed E-state index contributed by atoms with van der Waals surface area (Å²) in [6.45, 7) is 12.3. The lowest BCUT2D eigenvalue weighted by Gasteiger charge is -2.17. The monoisotopic (exact) mass is 371 g/mol. The van der Waals surface area contributed by atoms with Crippen LogP contribution in [0, 0.1) is 17.2 Å². The van der Waals surface area contributed by atoms with Gasteiger partial charge in [-0.2, -0.15) is 5.26 Å². The first-order valence-corrected chi connectivity index (χ1v) is 8.47. The van der Waals surface area contributed by atoms with Crippen LogP contribution in [0.5, 0.6) is 0 Å². The molecule has 1 aromatic rings. The third-order valence-electron chi connectivity index (χ3n) is 3.37. The van der Waals surface area contributed by atoms with Crippen molar-refractivity contribution in [3.63, 3.8) is 0 Å². The first kappa shape index (κ1) is 21.8. The summed E-state index contributed by atoms with van der Waals surface area (Å²) in [6, 6.07) is 3.55. The van der Waals surface area contributed by atoms with Gasteiger partial charge in [0.2, 0.25) is 5.76 Å². The van der Waals surface area contributed by atoms with E-state index in [4.69, 9.17) is 9.78 Å². The number of aromatic nitrogens is 1. The lowest BCUT2D eigenvalue weighted by molar-refractivity contribution is -0.118. The maximum Gasteiger partial charge on any atom is 0.294 e. The smallest absolute Gasteiger partial charge is 0.294 e. The number of nitrogens with one attached hydrogen (secondary N) is 2. The molecule has 0 spiro atoms. The summed E-state index contributed by atoms with van der Waals surface area (Å²) in [7, 11) is 0. The molecule has 0 fully saturated rings. The molecule has 0 aliphatic carbocycles. The lowest BCUT2D eigenvalue weighted by Crippen LogP contribution is -2.42. The van der Waals surface area contributed by atoms with E-state index in [0.717, 1.165) is 0 Å². The van der Waals surface area contributed by atoms with Gasteiger partial charge in [0.05, 0.1) is 11.8 Å². The van der Waals surface area contributed by atoms with Gasteiger partial charge < -0.3 is 15.2 Å². The molecule has 0 aliphatic heterocycles. The number of allylic oxidation sites excluding steroid dienone is 2. The molecule has 0 saturated heterocycles. The van der Waals surface area contributed by atoms with Gasteiger partial charge in [0, 0.05) is 11.8 Å². The molecule has 0 aromatic carbocycles. The molecule has 0 aliphatic rings. The molecule has 8 heteroatoms. The van der Waals surface area contributed by atoms with Gasteiger partial charge in [0.25, 0.3) is 11.8 Å². The molecule has 2 amide bonds. The van der Waals surface area contributed by atoms with Crippen LogP contribution in [0.4, 0.5) is 0 Å². The van der Waals surface area contributed by atoms with Crippen LogP contribution < -0.4 is 10.6 Å². The second-order valence-electron chi connectivity index (χ2n) is 6.86. The highest BCUT2D eigenvalue weighted by atomic mass is 16.5. The Labute approximate surface area is 159 Å². The number of nitriles is 1. The minimum Gasteiger partial charge on any atom is -0.351 e. The van der Waals surface area contributed by atoms with E-state index in [9.17, 15) is 9.59 Å². The largest absolute Gasteiger partial charge is 0.351 e. The van der Waals surface area contributed by atoms with Crippen LogP contribution in [0.15, 0.2) is 39.1 Å². The van der Waals surface area contributed by atoms with Crippen molar-refractivity contribution < 1.29 is 14.1 Å². The Morgan fingerprint density at radius 3 is 2.67 bits per heavy atom. The first-order chi connectivity index (χ1) is 12.6. The van der Waals surface area contributed by atoms with E-state index in [0.29, 0.717) is 23.7 Å². The Kier molecular flexibility index (Phi) is 7.66. The zero-order valence-corrected chi connectivity index (χ0v) is 16.3. The topological polar surface area (TPSA) is 120 Å². The molecular weight excluding hydrogens is 346 g/mol. The predicted octanol–water partition coefficient (Wildman–Crippen LogP) is 2.51. The quantitative estimate of drug-likeness (QED) is 0.413. The van der Waals surface area contributed by atoms with Crippen LogP contribution in [-0.2, 0) is 11.2 Å². The molecule has 1 rings (SSSR count). The van der Waals surface area contributed by atoms with Crippen LogP contribution in [0.3, 0.4) is 0 Å². The highest BCUT2D eigenvalue weighted by Gasteiger charge is 2.22. The molecule has 2 N–H and O–H groups in total. The second-order valence-corrected chi connectivity index (χ2v) is 6.86. The second kappa shape index (κ2) is 9.48. The number of hydrogen-bond donors (Lipinski definition) is 2. The van der Waals surface area contributed by atoms with Gasteiger partial charge in [-0.15, -0.1) is 0 Å². The number of hydrogen-bond acceptors (Lipinski definition) is 6. The number of carbonyl (C=O) groups is 2. The highest BCUT2D eigenvalue weighted by molar-refractivity contribution is 5.96. The van der Waals surface area contributed by atoms with Gasteiger partial charge in [-0.3, -0.25) is 14.6 Å². The van der Waals surface area contributed by atoms with Gasteiger partial charge in [0.1, 0.15) is 11.2 Å². The minimum atomic E-state index is -1.06. The van der Waals surface area contributed by atoms with Crippen molar-refractivity contribution in [2.75, 3.05) is 0 Å². The van der Waals surface area contributed by atoms with Crippen molar-refractivity contribution in [1.29, 1.82) is 5.26 Å². The van der Waals surface area contributed by atoms with Crippen LogP contribution in [-0.4, -0.2) is 29.2 Å². The van der Waals surface area contributed by atoms with Crippen molar-refractivity contribution in [2.45, 2.75) is 46.6 Å². The summed E-state index contributed by atoms with van der Waals surface area (Å²) in [5, 5.41) is 18.0. The molecular formula is C19H25N5O3. The molecule has 1 heterocycles. The average molecular weight is 371 g/mol. The first-order valence-electron chi connectivity index (χ1n) is 8.47. The van der Waals surface area contributed by atoms with E-state index in [-0.39, 0.29) is 11.5 Å². The zero-order chi connectivity index (χ0) is 20.6. The lowest BCUT2D eigenvalue weighted by atomic mass is 10.1. The maximum absolute atomic E-state index is 12.3. The normalized spacial score (nSPS) is 12.5. The minimum absolute atomic E-state index is 0.0372. The van der Waals surface area contributed by atoms with Gasteiger partial charge >= 0.3 is 0 Å². The van der Waals surface area contributed by atoms with Crippen LogP contribution in [0.1, 0.15) is 50.9 Å². The van der Waals surface area contributed by atoms with Gasteiger partial charge in [-0.1, -0.05) is 25.1 Å². The molecule has 1 aromatic heterocycles. The number of aliphatic imine (C=N–C) groups is 1. The fraction of sp³-hybridized carbons (Fsp3) is 0.421. The van der Waals surface area contributed by atoms with Crippen molar-refractivity contribution >= 4 is 18.5 Å². The third-order valence-corrected chi connectivity index (χ3v) is 3.37. The van der Waals surface area contributed by atoms with Crippen LogP contribution in [0.2, 0.25) is 0 Å². The van der Waals surface area contributed by atoms with Crippen molar-refractivity contribution in [1.82, 2.24) is 15.8 Å². The summed E-state index contributed by atoms with van der Waals surface area (Å²) in [5.74, 6) is -0.619. The highest BCUT2D eigenvalue weighted by Crippen LogP contribution is 2.11. The molecule has 0 unspecified atom stereocenters. The fourth-order valence-corrected chi connectivity index (χ4v) is 2.02. The van der Waals surface area contributed by atoms with Crippen molar-refractivity contribution in [2.24, 2.45) is 10.9 Å². The van der Waals surface area contributed by atoms with E-state index >= 15 is 0 Å². The maximum atomic E-state index is 12.3. The van der Waals surface area contributed by atoms with E-state index in [1.165, 1.54) is 6.08 Å². The number of nitrogens with zero attached hydrogens (tertiary/aromatic N) is 3. The average Bonchev–Trinajstić information content (AvgIpc) is 3.05. The van der Waals surface area contributed by atoms with Gasteiger partial charge in [-0.05, 0) is 45.9 Å². The Morgan fingerprint density at radius 1 is 1.48 bits per heavy atom. The third kappa shape index (κ3) is 6.90. The fourth-order valence-electron chi connectivity index (χ4n) is 2.02. The summed E-state index contributed by atoms with van der Waals surface area (Å²) in [6.07, 6.45) is 3.66. The molecule has 0 saturated carbocycles. The Hall–Kier alpha value is -3.21. The zero-order valence-electron chi connectivity index (χ0n) is 16.3. The summed E-state index contributed by atoms with van der Waals surface area (Å²) in [5.41, 5.74) is -0.0782. The molecule has 0 radical (unpaired) electrons. The molecule has 27 heavy (non-hydrogen) atoms. The summed E-state index contributed by atoms with van der Waals surface area (Å²) >= 11 is 0. The van der Waals surface area contributed by atoms with E-state index < -0.39 is 17.4 Å². The van der Waals surface area contributed by atoms with E-state index in [1.54, 1.807) is 32.9 Å². The van der Waals surface area contributed by atoms with Gasteiger partial charge in [0.15, 0.2) is 0 Å². The Morgan fingerprint density at radius 2 is 2.15 bits per heavy atom. The number of rotatable bonds is 8. The SMILES string of the molecule is C=N/C(=C\C(=C/C)NC(=O)c1cc(CC(C)C)no1)C(=O)NC(C)(C)C#N. The van der Waals surface area contributed by atoms with Crippen LogP contribution in [0.25, 0.3) is 0 Å². The molecule has 0 atom stereocenters. The summed E-state index contributed by atoms with van der Waals surface area (Å²) in [4.78, 5) is 28.2. The number of amides is 2. The van der Waals surface area contributed by atoms with E-state index in [2.05, 4.69) is 27.5 Å². The van der Waals surface area contributed by atoms with Crippen LogP contribution >= 0.6 is 0 Å². The van der Waals surface area contributed by atoms with E-state index in [1.807, 2.05) is 19.9 Å². The molecule has 8 nitrogen and oxygen atoms in total. The Balaban J connectivity index is 2.90. The number of carbonyl (C=O) groups excluding carboxylic acids is 2.